The number of hydrogen-bond donors (Lipinski definition) is 2. The molecule has 0 bridgehead atoms. The summed E-state index contributed by atoms with van der Waals surface area (Å²) in [7, 11) is 1.67. The molecule has 3 unspecified atom stereocenters. The first-order valence-corrected chi connectivity index (χ1v) is 6.62. The lowest BCUT2D eigenvalue weighted by molar-refractivity contribution is -0.123. The molecule has 1 aliphatic heterocycles. The fourth-order valence-corrected chi connectivity index (χ4v) is 2.40. The standard InChI is InChI=1S/C13H26N2O2/c1-10(9-17-3)7-13(16)15-11(2)12-5-4-6-14-8-12/h10-12,14H,4-9H2,1-3H3,(H,15,16). The van der Waals surface area contributed by atoms with Gasteiger partial charge in [0.05, 0.1) is 0 Å². The van der Waals surface area contributed by atoms with E-state index in [4.69, 9.17) is 4.74 Å². The van der Waals surface area contributed by atoms with Crippen molar-refractivity contribution in [2.75, 3.05) is 26.8 Å². The molecule has 1 amide bonds. The topological polar surface area (TPSA) is 50.4 Å². The monoisotopic (exact) mass is 242 g/mol. The van der Waals surface area contributed by atoms with E-state index in [9.17, 15) is 4.79 Å². The summed E-state index contributed by atoms with van der Waals surface area (Å²) in [4.78, 5) is 11.8. The number of piperidine rings is 1. The summed E-state index contributed by atoms with van der Waals surface area (Å²) in [5, 5.41) is 6.48. The highest BCUT2D eigenvalue weighted by molar-refractivity contribution is 5.76. The van der Waals surface area contributed by atoms with E-state index in [2.05, 4.69) is 17.6 Å². The van der Waals surface area contributed by atoms with Crippen LogP contribution in [0, 0.1) is 11.8 Å². The molecule has 0 aromatic rings. The number of rotatable bonds is 6. The minimum atomic E-state index is 0.146. The molecule has 0 aliphatic carbocycles. The van der Waals surface area contributed by atoms with Crippen LogP contribution in [-0.2, 0) is 9.53 Å². The number of nitrogens with one attached hydrogen (secondary N) is 2. The van der Waals surface area contributed by atoms with Crippen LogP contribution in [0.25, 0.3) is 0 Å². The van der Waals surface area contributed by atoms with E-state index in [1.807, 2.05) is 6.92 Å². The van der Waals surface area contributed by atoms with Crippen LogP contribution in [0.4, 0.5) is 0 Å². The average molecular weight is 242 g/mol. The molecule has 0 aromatic heterocycles. The SMILES string of the molecule is COCC(C)CC(=O)NC(C)C1CCCNC1. The van der Waals surface area contributed by atoms with Crippen molar-refractivity contribution in [1.82, 2.24) is 10.6 Å². The van der Waals surface area contributed by atoms with Gasteiger partial charge in [-0.3, -0.25) is 4.79 Å². The van der Waals surface area contributed by atoms with Crippen LogP contribution < -0.4 is 10.6 Å². The summed E-state index contributed by atoms with van der Waals surface area (Å²) < 4.78 is 5.04. The first-order chi connectivity index (χ1) is 8.13. The highest BCUT2D eigenvalue weighted by atomic mass is 16.5. The van der Waals surface area contributed by atoms with Crippen LogP contribution in [0.5, 0.6) is 0 Å². The number of carbonyl (C=O) groups excluding carboxylic acids is 1. The van der Waals surface area contributed by atoms with Crippen molar-refractivity contribution in [3.63, 3.8) is 0 Å². The quantitative estimate of drug-likeness (QED) is 0.735. The molecule has 1 fully saturated rings. The summed E-state index contributed by atoms with van der Waals surface area (Å²) in [5.74, 6) is 1.01. The van der Waals surface area contributed by atoms with Gasteiger partial charge in [0.15, 0.2) is 0 Å². The van der Waals surface area contributed by atoms with Crippen molar-refractivity contribution in [3.05, 3.63) is 0 Å². The number of hydrogen-bond acceptors (Lipinski definition) is 3. The first-order valence-electron chi connectivity index (χ1n) is 6.62. The van der Waals surface area contributed by atoms with Gasteiger partial charge in [-0.05, 0) is 44.7 Å². The third-order valence-corrected chi connectivity index (χ3v) is 3.42. The largest absolute Gasteiger partial charge is 0.384 e. The van der Waals surface area contributed by atoms with Crippen molar-refractivity contribution in [2.24, 2.45) is 11.8 Å². The maximum Gasteiger partial charge on any atom is 0.220 e. The second-order valence-electron chi connectivity index (χ2n) is 5.23. The number of methoxy groups -OCH3 is 1. The summed E-state index contributed by atoms with van der Waals surface area (Å²) >= 11 is 0. The van der Waals surface area contributed by atoms with Crippen LogP contribution in [0.15, 0.2) is 0 Å². The Morgan fingerprint density at radius 1 is 1.53 bits per heavy atom. The lowest BCUT2D eigenvalue weighted by Crippen LogP contribution is -2.44. The van der Waals surface area contributed by atoms with Gasteiger partial charge in [0.25, 0.3) is 0 Å². The summed E-state index contributed by atoms with van der Waals surface area (Å²) in [6, 6.07) is 0.269. The molecule has 1 aliphatic rings. The zero-order chi connectivity index (χ0) is 12.7. The molecule has 1 rings (SSSR count). The molecule has 2 N–H and O–H groups in total. The Balaban J connectivity index is 2.24. The molecule has 17 heavy (non-hydrogen) atoms. The molecule has 4 nitrogen and oxygen atoms in total. The Kier molecular flexibility index (Phi) is 6.52. The molecular weight excluding hydrogens is 216 g/mol. The Morgan fingerprint density at radius 3 is 2.88 bits per heavy atom. The maximum absolute atomic E-state index is 11.8. The lowest BCUT2D eigenvalue weighted by Gasteiger charge is -2.29. The van der Waals surface area contributed by atoms with Crippen molar-refractivity contribution in [3.8, 4) is 0 Å². The van der Waals surface area contributed by atoms with E-state index in [1.165, 1.54) is 12.8 Å². The first kappa shape index (κ1) is 14.5. The van der Waals surface area contributed by atoms with E-state index < -0.39 is 0 Å². The van der Waals surface area contributed by atoms with Gasteiger partial charge in [0.1, 0.15) is 0 Å². The van der Waals surface area contributed by atoms with Gasteiger partial charge in [-0.25, -0.2) is 0 Å². The van der Waals surface area contributed by atoms with Crippen molar-refractivity contribution in [1.29, 1.82) is 0 Å². The third-order valence-electron chi connectivity index (χ3n) is 3.42. The molecular formula is C13H26N2O2. The minimum absolute atomic E-state index is 0.146. The second kappa shape index (κ2) is 7.67. The molecule has 100 valence electrons. The zero-order valence-corrected chi connectivity index (χ0v) is 11.3. The van der Waals surface area contributed by atoms with E-state index in [-0.39, 0.29) is 17.9 Å². The molecule has 0 saturated carbocycles. The molecule has 0 aromatic carbocycles. The summed E-state index contributed by atoms with van der Waals surface area (Å²) in [6.07, 6.45) is 2.98. The lowest BCUT2D eigenvalue weighted by atomic mass is 9.92. The van der Waals surface area contributed by atoms with E-state index in [1.54, 1.807) is 7.11 Å². The fourth-order valence-electron chi connectivity index (χ4n) is 2.40. The van der Waals surface area contributed by atoms with Crippen LogP contribution in [-0.4, -0.2) is 38.8 Å². The van der Waals surface area contributed by atoms with Crippen molar-refractivity contribution in [2.45, 2.75) is 39.2 Å². The predicted octanol–water partition coefficient (Wildman–Crippen LogP) is 1.16. The Morgan fingerprint density at radius 2 is 2.29 bits per heavy atom. The molecule has 3 atom stereocenters. The van der Waals surface area contributed by atoms with Crippen molar-refractivity contribution < 1.29 is 9.53 Å². The minimum Gasteiger partial charge on any atom is -0.384 e. The van der Waals surface area contributed by atoms with Gasteiger partial charge in [-0.1, -0.05) is 6.92 Å². The number of carbonyl (C=O) groups is 1. The van der Waals surface area contributed by atoms with Gasteiger partial charge >= 0.3 is 0 Å². The van der Waals surface area contributed by atoms with Crippen LogP contribution in [0.2, 0.25) is 0 Å². The fraction of sp³-hybridized carbons (Fsp3) is 0.923. The van der Waals surface area contributed by atoms with Crippen LogP contribution in [0.1, 0.15) is 33.1 Å². The highest BCUT2D eigenvalue weighted by Crippen LogP contribution is 2.14. The van der Waals surface area contributed by atoms with Gasteiger partial charge in [-0.15, -0.1) is 0 Å². The molecule has 0 radical (unpaired) electrons. The van der Waals surface area contributed by atoms with Crippen molar-refractivity contribution >= 4 is 5.91 Å². The second-order valence-corrected chi connectivity index (χ2v) is 5.23. The third kappa shape index (κ3) is 5.50. The average Bonchev–Trinajstić information content (AvgIpc) is 2.30. The van der Waals surface area contributed by atoms with Gasteiger partial charge in [0.2, 0.25) is 5.91 Å². The van der Waals surface area contributed by atoms with Crippen LogP contribution in [0.3, 0.4) is 0 Å². The maximum atomic E-state index is 11.8. The van der Waals surface area contributed by atoms with Gasteiger partial charge in [-0.2, -0.15) is 0 Å². The Hall–Kier alpha value is -0.610. The van der Waals surface area contributed by atoms with Gasteiger partial charge in [0, 0.05) is 26.2 Å². The summed E-state index contributed by atoms with van der Waals surface area (Å²) in [6.45, 7) is 6.93. The van der Waals surface area contributed by atoms with E-state index in [0.717, 1.165) is 13.1 Å². The predicted molar refractivity (Wildman–Crippen MR) is 68.9 cm³/mol. The van der Waals surface area contributed by atoms with Crippen LogP contribution >= 0.6 is 0 Å². The van der Waals surface area contributed by atoms with Gasteiger partial charge < -0.3 is 15.4 Å². The molecule has 1 heterocycles. The number of ether oxygens (including phenoxy) is 1. The molecule has 1 saturated heterocycles. The Bertz CT molecular complexity index is 227. The normalized spacial score (nSPS) is 24.1. The highest BCUT2D eigenvalue weighted by Gasteiger charge is 2.21. The smallest absolute Gasteiger partial charge is 0.220 e. The molecule has 0 spiro atoms. The zero-order valence-electron chi connectivity index (χ0n) is 11.3. The Labute approximate surface area is 104 Å². The van der Waals surface area contributed by atoms with E-state index in [0.29, 0.717) is 18.9 Å². The summed E-state index contributed by atoms with van der Waals surface area (Å²) in [5.41, 5.74) is 0. The number of amides is 1. The molecule has 4 heteroatoms. The van der Waals surface area contributed by atoms with E-state index >= 15 is 0 Å².